The van der Waals surface area contributed by atoms with Crippen molar-refractivity contribution in [2.45, 2.75) is 19.9 Å². The van der Waals surface area contributed by atoms with Crippen LogP contribution in [0, 0.1) is 0 Å². The van der Waals surface area contributed by atoms with Crippen molar-refractivity contribution < 1.29 is 8.95 Å². The van der Waals surface area contributed by atoms with Gasteiger partial charge in [0.15, 0.2) is 0 Å². The van der Waals surface area contributed by atoms with Crippen LogP contribution in [-0.4, -0.2) is 38.3 Å². The van der Waals surface area contributed by atoms with Gasteiger partial charge in [0.25, 0.3) is 0 Å². The molecule has 1 aromatic heterocycles. The van der Waals surface area contributed by atoms with Crippen molar-refractivity contribution in [3.05, 3.63) is 24.0 Å². The van der Waals surface area contributed by atoms with E-state index in [0.717, 1.165) is 22.6 Å². The monoisotopic (exact) mass is 314 g/mol. The molecule has 0 bridgehead atoms. The van der Waals surface area contributed by atoms with Crippen LogP contribution >= 0.6 is 11.6 Å². The number of hydrogen-bond acceptors (Lipinski definition) is 3. The van der Waals surface area contributed by atoms with E-state index in [9.17, 15) is 4.21 Å². The lowest BCUT2D eigenvalue weighted by Gasteiger charge is -2.07. The van der Waals surface area contributed by atoms with E-state index in [1.807, 2.05) is 25.1 Å². The normalized spacial score (nSPS) is 12.8. The van der Waals surface area contributed by atoms with Crippen molar-refractivity contribution in [1.82, 2.24) is 9.55 Å². The summed E-state index contributed by atoms with van der Waals surface area (Å²) in [5.41, 5.74) is 1.87. The van der Waals surface area contributed by atoms with Crippen LogP contribution in [0.4, 0.5) is 0 Å². The largest absolute Gasteiger partial charge is 0.492 e. The van der Waals surface area contributed by atoms with Crippen LogP contribution in [0.2, 0.25) is 0 Å². The van der Waals surface area contributed by atoms with Crippen molar-refractivity contribution in [3.8, 4) is 5.75 Å². The molecule has 20 heavy (non-hydrogen) atoms. The van der Waals surface area contributed by atoms with Crippen molar-refractivity contribution in [3.63, 3.8) is 0 Å². The second kappa shape index (κ2) is 7.09. The van der Waals surface area contributed by atoms with Gasteiger partial charge in [0, 0.05) is 41.7 Å². The fourth-order valence-electron chi connectivity index (χ4n) is 2.19. The van der Waals surface area contributed by atoms with E-state index >= 15 is 0 Å². The maximum Gasteiger partial charge on any atom is 0.147 e. The number of nitrogens with zero attached hydrogens (tertiary/aromatic N) is 2. The van der Waals surface area contributed by atoms with E-state index in [2.05, 4.69) is 9.55 Å². The zero-order valence-corrected chi connectivity index (χ0v) is 13.3. The fourth-order valence-corrected chi connectivity index (χ4v) is 2.79. The number of rotatable bonds is 7. The van der Waals surface area contributed by atoms with Gasteiger partial charge >= 0.3 is 0 Å². The Labute approximate surface area is 126 Å². The molecule has 0 N–H and O–H groups in total. The molecule has 0 saturated carbocycles. The van der Waals surface area contributed by atoms with Crippen molar-refractivity contribution >= 4 is 33.4 Å². The van der Waals surface area contributed by atoms with Crippen LogP contribution < -0.4 is 4.74 Å². The van der Waals surface area contributed by atoms with E-state index < -0.39 is 10.8 Å². The lowest BCUT2D eigenvalue weighted by molar-refractivity contribution is 0.343. The predicted molar refractivity (Wildman–Crippen MR) is 84.3 cm³/mol. The van der Waals surface area contributed by atoms with Crippen LogP contribution in [0.5, 0.6) is 5.75 Å². The number of para-hydroxylation sites is 1. The van der Waals surface area contributed by atoms with Gasteiger partial charge in [-0.25, -0.2) is 4.98 Å². The molecular weight excluding hydrogens is 296 g/mol. The Hall–Kier alpha value is -1.07. The molecule has 0 aliphatic carbocycles. The second-order valence-corrected chi connectivity index (χ2v) is 6.39. The first-order valence-corrected chi connectivity index (χ1v) is 8.90. The van der Waals surface area contributed by atoms with Crippen LogP contribution in [0.3, 0.4) is 0 Å². The van der Waals surface area contributed by atoms with E-state index in [0.29, 0.717) is 31.2 Å². The van der Waals surface area contributed by atoms with E-state index in [1.54, 1.807) is 6.26 Å². The van der Waals surface area contributed by atoms with Gasteiger partial charge in [-0.1, -0.05) is 6.07 Å². The molecule has 1 aromatic carbocycles. The summed E-state index contributed by atoms with van der Waals surface area (Å²) in [5, 5.41) is 0. The van der Waals surface area contributed by atoms with Crippen LogP contribution in [0.15, 0.2) is 18.2 Å². The minimum absolute atomic E-state index is 0.516. The summed E-state index contributed by atoms with van der Waals surface area (Å²) in [4.78, 5) is 4.65. The number of fused-ring (bicyclic) bond motifs is 1. The van der Waals surface area contributed by atoms with Crippen molar-refractivity contribution in [2.24, 2.45) is 0 Å². The summed E-state index contributed by atoms with van der Waals surface area (Å²) in [5.74, 6) is 2.84. The Bertz CT molecular complexity index is 612. The summed E-state index contributed by atoms with van der Waals surface area (Å²) in [6.07, 6.45) is 2.41. The Morgan fingerprint density at radius 1 is 1.45 bits per heavy atom. The third-order valence-corrected chi connectivity index (χ3v) is 3.99. The Morgan fingerprint density at radius 3 is 2.90 bits per heavy atom. The van der Waals surface area contributed by atoms with Gasteiger partial charge in [0.2, 0.25) is 0 Å². The highest BCUT2D eigenvalue weighted by Gasteiger charge is 2.14. The molecule has 0 aliphatic heterocycles. The fraction of sp³-hybridized carbons (Fsp3) is 0.500. The number of ether oxygens (including phenoxy) is 1. The van der Waals surface area contributed by atoms with Crippen LogP contribution in [-0.2, 0) is 23.8 Å². The number of aromatic nitrogens is 2. The zero-order valence-electron chi connectivity index (χ0n) is 11.8. The molecule has 1 atom stereocenters. The number of benzene rings is 1. The topological polar surface area (TPSA) is 44.1 Å². The molecule has 2 rings (SSSR count). The van der Waals surface area contributed by atoms with Crippen LogP contribution in [0.25, 0.3) is 11.0 Å². The van der Waals surface area contributed by atoms with Gasteiger partial charge in [-0.05, 0) is 19.1 Å². The maximum atomic E-state index is 11.3. The summed E-state index contributed by atoms with van der Waals surface area (Å²) >= 11 is 5.85. The van der Waals surface area contributed by atoms with Gasteiger partial charge in [0.05, 0.1) is 12.1 Å². The molecule has 0 fully saturated rings. The number of aryl methyl sites for hydroxylation is 2. The number of halogens is 1. The van der Waals surface area contributed by atoms with Gasteiger partial charge in [-0.3, -0.25) is 4.21 Å². The Kier molecular flexibility index (Phi) is 5.43. The minimum atomic E-state index is -0.827. The van der Waals surface area contributed by atoms with E-state index in [4.69, 9.17) is 16.3 Å². The van der Waals surface area contributed by atoms with Gasteiger partial charge in [0.1, 0.15) is 17.1 Å². The average Bonchev–Trinajstić information content (AvgIpc) is 2.76. The van der Waals surface area contributed by atoms with Crippen molar-refractivity contribution in [2.75, 3.05) is 24.5 Å². The highest BCUT2D eigenvalue weighted by atomic mass is 35.5. The molecule has 0 spiro atoms. The molecule has 1 heterocycles. The van der Waals surface area contributed by atoms with E-state index in [1.165, 1.54) is 0 Å². The molecule has 2 aromatic rings. The smallest absolute Gasteiger partial charge is 0.147 e. The summed E-state index contributed by atoms with van der Waals surface area (Å²) in [6.45, 7) is 3.24. The average molecular weight is 315 g/mol. The lowest BCUT2D eigenvalue weighted by Crippen LogP contribution is -2.10. The lowest BCUT2D eigenvalue weighted by atomic mass is 10.3. The SMILES string of the molecule is CCOc1cccc2c1nc(CCCl)n2CCS(C)=O. The van der Waals surface area contributed by atoms with Crippen LogP contribution in [0.1, 0.15) is 12.7 Å². The summed E-state index contributed by atoms with van der Waals surface area (Å²) in [6, 6.07) is 5.89. The predicted octanol–water partition coefficient (Wildman–Crippen LogP) is 2.59. The van der Waals surface area contributed by atoms with Gasteiger partial charge < -0.3 is 9.30 Å². The third kappa shape index (κ3) is 3.33. The van der Waals surface area contributed by atoms with Gasteiger partial charge in [-0.15, -0.1) is 11.6 Å². The molecule has 0 radical (unpaired) electrons. The first kappa shape index (κ1) is 15.3. The zero-order chi connectivity index (χ0) is 14.5. The Balaban J connectivity index is 2.48. The highest BCUT2D eigenvalue weighted by Crippen LogP contribution is 2.26. The molecule has 110 valence electrons. The molecule has 1 unspecified atom stereocenters. The quantitative estimate of drug-likeness (QED) is 0.738. The number of alkyl halides is 1. The third-order valence-electron chi connectivity index (χ3n) is 3.04. The molecular formula is C14H19ClN2O2S. The van der Waals surface area contributed by atoms with Gasteiger partial charge in [-0.2, -0.15) is 0 Å². The maximum absolute atomic E-state index is 11.3. The molecule has 0 amide bonds. The molecule has 0 saturated heterocycles. The first-order chi connectivity index (χ1) is 9.67. The van der Waals surface area contributed by atoms with E-state index in [-0.39, 0.29) is 0 Å². The van der Waals surface area contributed by atoms with Crippen molar-refractivity contribution in [1.29, 1.82) is 0 Å². The standard InChI is InChI=1S/C14H19ClN2O2S/c1-3-19-12-6-4-5-11-14(12)16-13(7-8-15)17(11)9-10-20(2)18/h4-6H,3,7-10H2,1-2H3. The molecule has 6 heteroatoms. The highest BCUT2D eigenvalue weighted by molar-refractivity contribution is 7.84. The minimum Gasteiger partial charge on any atom is -0.492 e. The Morgan fingerprint density at radius 2 is 2.25 bits per heavy atom. The number of imidazole rings is 1. The summed E-state index contributed by atoms with van der Waals surface area (Å²) in [7, 11) is -0.827. The second-order valence-electron chi connectivity index (χ2n) is 4.45. The summed E-state index contributed by atoms with van der Waals surface area (Å²) < 4.78 is 19.1. The number of hydrogen-bond donors (Lipinski definition) is 0. The molecule has 4 nitrogen and oxygen atoms in total. The molecule has 0 aliphatic rings. The first-order valence-electron chi connectivity index (χ1n) is 6.64.